The molecule has 4 rings (SSSR count). The first-order valence-electron chi connectivity index (χ1n) is 10.1. The molecule has 1 N–H and O–H groups in total. The van der Waals surface area contributed by atoms with Crippen LogP contribution in [0, 0.1) is 10.1 Å². The summed E-state index contributed by atoms with van der Waals surface area (Å²) >= 11 is 1.25. The van der Waals surface area contributed by atoms with Crippen LogP contribution in [0.25, 0.3) is 11.3 Å². The number of nitrogens with zero attached hydrogens (tertiary/aromatic N) is 4. The van der Waals surface area contributed by atoms with E-state index in [0.29, 0.717) is 11.4 Å². The van der Waals surface area contributed by atoms with Gasteiger partial charge in [0, 0.05) is 47.9 Å². The Morgan fingerprint density at radius 3 is 2.32 bits per heavy atom. The number of rotatable bonds is 7. The standard InChI is InChI=1S/C24H19N5O4S/c1-28(2)21-12-9-16(13-22(21)29(32)33)23(30)18-5-3-4-6-19(18)24(31)25-17-10-7-15(8-11-17)20-14-34-27-26-20/h3-14H,1-2H3,(H,25,31). The van der Waals surface area contributed by atoms with Crippen LogP contribution in [0.2, 0.25) is 0 Å². The number of amides is 1. The molecule has 0 atom stereocenters. The summed E-state index contributed by atoms with van der Waals surface area (Å²) in [7, 11) is 3.37. The lowest BCUT2D eigenvalue weighted by atomic mass is 9.97. The molecule has 4 aromatic rings. The van der Waals surface area contributed by atoms with Gasteiger partial charge < -0.3 is 10.2 Å². The van der Waals surface area contributed by atoms with Crippen molar-refractivity contribution in [3.8, 4) is 11.3 Å². The average molecular weight is 474 g/mol. The number of carbonyl (C=O) groups excluding carboxylic acids is 2. The van der Waals surface area contributed by atoms with E-state index in [4.69, 9.17) is 0 Å². The maximum Gasteiger partial charge on any atom is 0.293 e. The van der Waals surface area contributed by atoms with E-state index >= 15 is 0 Å². The molecule has 1 aromatic heterocycles. The summed E-state index contributed by atoms with van der Waals surface area (Å²) in [5, 5.41) is 20.1. The number of carbonyl (C=O) groups is 2. The Labute approximate surface area is 199 Å². The van der Waals surface area contributed by atoms with Gasteiger partial charge in [0.25, 0.3) is 11.6 Å². The van der Waals surface area contributed by atoms with Crippen molar-refractivity contribution >= 4 is 40.3 Å². The number of hydrogen-bond acceptors (Lipinski definition) is 8. The Balaban J connectivity index is 1.60. The quantitative estimate of drug-likeness (QED) is 0.235. The fraction of sp³-hybridized carbons (Fsp3) is 0.0833. The molecular weight excluding hydrogens is 454 g/mol. The predicted octanol–water partition coefficient (Wildman–Crippen LogP) is 4.66. The zero-order valence-corrected chi connectivity index (χ0v) is 19.1. The molecular formula is C24H19N5O4S. The number of nitro benzene ring substituents is 1. The molecule has 1 amide bonds. The van der Waals surface area contributed by atoms with Gasteiger partial charge in [-0.1, -0.05) is 34.8 Å². The smallest absolute Gasteiger partial charge is 0.293 e. The summed E-state index contributed by atoms with van der Waals surface area (Å²) in [5.41, 5.74) is 2.79. The van der Waals surface area contributed by atoms with Crippen molar-refractivity contribution in [1.82, 2.24) is 9.59 Å². The second-order valence-electron chi connectivity index (χ2n) is 7.55. The molecule has 0 radical (unpaired) electrons. The van der Waals surface area contributed by atoms with Crippen LogP contribution in [-0.2, 0) is 0 Å². The van der Waals surface area contributed by atoms with Crippen LogP contribution >= 0.6 is 11.5 Å². The monoisotopic (exact) mass is 473 g/mol. The summed E-state index contributed by atoms with van der Waals surface area (Å²) in [6.45, 7) is 0. The Morgan fingerprint density at radius 1 is 1.00 bits per heavy atom. The molecule has 0 aliphatic rings. The Bertz CT molecular complexity index is 1370. The highest BCUT2D eigenvalue weighted by Crippen LogP contribution is 2.29. The molecule has 10 heteroatoms. The summed E-state index contributed by atoms with van der Waals surface area (Å²) in [5.74, 6) is -0.947. The Kier molecular flexibility index (Phi) is 6.42. The normalized spacial score (nSPS) is 10.5. The van der Waals surface area contributed by atoms with Gasteiger partial charge in [-0.3, -0.25) is 19.7 Å². The molecule has 0 aliphatic carbocycles. The summed E-state index contributed by atoms with van der Waals surface area (Å²) in [6, 6.07) is 17.7. The number of aromatic nitrogens is 2. The first-order chi connectivity index (χ1) is 16.3. The van der Waals surface area contributed by atoms with E-state index in [1.165, 1.54) is 35.8 Å². The number of ketones is 1. The minimum absolute atomic E-state index is 0.124. The number of nitrogens with one attached hydrogen (secondary N) is 1. The molecule has 9 nitrogen and oxygen atoms in total. The van der Waals surface area contributed by atoms with E-state index in [0.717, 1.165) is 11.3 Å². The van der Waals surface area contributed by atoms with Crippen molar-refractivity contribution in [2.24, 2.45) is 0 Å². The number of anilines is 2. The number of nitro groups is 1. The fourth-order valence-electron chi connectivity index (χ4n) is 3.44. The maximum absolute atomic E-state index is 13.2. The molecule has 0 saturated carbocycles. The summed E-state index contributed by atoms with van der Waals surface area (Å²) in [6.07, 6.45) is 0. The topological polar surface area (TPSA) is 118 Å². The van der Waals surface area contributed by atoms with Crippen molar-refractivity contribution in [1.29, 1.82) is 0 Å². The maximum atomic E-state index is 13.2. The number of hydrogen-bond donors (Lipinski definition) is 1. The van der Waals surface area contributed by atoms with Gasteiger partial charge in [0.1, 0.15) is 11.4 Å². The molecule has 1 heterocycles. The first kappa shape index (κ1) is 22.7. The van der Waals surface area contributed by atoms with E-state index in [2.05, 4.69) is 14.9 Å². The van der Waals surface area contributed by atoms with Crippen molar-refractivity contribution in [3.05, 3.63) is 98.9 Å². The Hall–Kier alpha value is -4.44. The molecule has 0 spiro atoms. The van der Waals surface area contributed by atoms with Gasteiger partial charge in [0.15, 0.2) is 5.78 Å². The summed E-state index contributed by atoms with van der Waals surface area (Å²) in [4.78, 5) is 38.8. The largest absolute Gasteiger partial charge is 0.372 e. The Morgan fingerprint density at radius 2 is 1.71 bits per heavy atom. The first-order valence-corrected chi connectivity index (χ1v) is 11.0. The molecule has 0 unspecified atom stereocenters. The lowest BCUT2D eigenvalue weighted by Gasteiger charge is -2.14. The van der Waals surface area contributed by atoms with E-state index < -0.39 is 16.6 Å². The van der Waals surface area contributed by atoms with E-state index in [1.807, 2.05) is 17.5 Å². The van der Waals surface area contributed by atoms with Crippen LogP contribution in [0.5, 0.6) is 0 Å². The van der Waals surface area contributed by atoms with Gasteiger partial charge >= 0.3 is 0 Å². The van der Waals surface area contributed by atoms with Crippen LogP contribution in [0.15, 0.2) is 72.1 Å². The van der Waals surface area contributed by atoms with E-state index in [9.17, 15) is 19.7 Å². The molecule has 0 aliphatic heterocycles. The van der Waals surface area contributed by atoms with Gasteiger partial charge in [0.2, 0.25) is 0 Å². The molecule has 34 heavy (non-hydrogen) atoms. The second-order valence-corrected chi connectivity index (χ2v) is 8.16. The van der Waals surface area contributed by atoms with Crippen LogP contribution < -0.4 is 10.2 Å². The van der Waals surface area contributed by atoms with Gasteiger partial charge in [-0.15, -0.1) is 5.10 Å². The van der Waals surface area contributed by atoms with Crippen molar-refractivity contribution in [2.45, 2.75) is 0 Å². The highest BCUT2D eigenvalue weighted by Gasteiger charge is 2.22. The van der Waals surface area contributed by atoms with Crippen LogP contribution in [-0.4, -0.2) is 40.3 Å². The third-order valence-electron chi connectivity index (χ3n) is 5.13. The number of benzene rings is 3. The van der Waals surface area contributed by atoms with Gasteiger partial charge in [0.05, 0.1) is 10.5 Å². The fourth-order valence-corrected chi connectivity index (χ4v) is 3.90. The average Bonchev–Trinajstić information content (AvgIpc) is 3.38. The van der Waals surface area contributed by atoms with Gasteiger partial charge in [-0.05, 0) is 41.9 Å². The van der Waals surface area contributed by atoms with Crippen LogP contribution in [0.4, 0.5) is 17.1 Å². The second kappa shape index (κ2) is 9.59. The SMILES string of the molecule is CN(C)c1ccc(C(=O)c2ccccc2C(=O)Nc2ccc(-c3csnn3)cc2)cc1[N+](=O)[O-]. The zero-order valence-electron chi connectivity index (χ0n) is 18.3. The minimum Gasteiger partial charge on any atom is -0.372 e. The molecule has 170 valence electrons. The summed E-state index contributed by atoms with van der Waals surface area (Å²) < 4.78 is 3.84. The minimum atomic E-state index is -0.532. The third-order valence-corrected chi connectivity index (χ3v) is 5.64. The predicted molar refractivity (Wildman–Crippen MR) is 131 cm³/mol. The van der Waals surface area contributed by atoms with E-state index in [1.54, 1.807) is 49.3 Å². The van der Waals surface area contributed by atoms with Crippen LogP contribution in [0.3, 0.4) is 0 Å². The van der Waals surface area contributed by atoms with Crippen molar-refractivity contribution in [3.63, 3.8) is 0 Å². The lowest BCUT2D eigenvalue weighted by Crippen LogP contribution is -2.17. The molecule has 3 aromatic carbocycles. The van der Waals surface area contributed by atoms with Crippen LogP contribution in [0.1, 0.15) is 26.3 Å². The molecule has 0 bridgehead atoms. The van der Waals surface area contributed by atoms with Crippen molar-refractivity contribution in [2.75, 3.05) is 24.3 Å². The molecule has 0 fully saturated rings. The molecule has 0 saturated heterocycles. The van der Waals surface area contributed by atoms with E-state index in [-0.39, 0.29) is 22.4 Å². The zero-order chi connectivity index (χ0) is 24.2. The highest BCUT2D eigenvalue weighted by atomic mass is 32.1. The van der Waals surface area contributed by atoms with Gasteiger partial charge in [-0.2, -0.15) is 0 Å². The highest BCUT2D eigenvalue weighted by molar-refractivity contribution is 7.03. The van der Waals surface area contributed by atoms with Gasteiger partial charge in [-0.25, -0.2) is 0 Å². The lowest BCUT2D eigenvalue weighted by molar-refractivity contribution is -0.384. The third kappa shape index (κ3) is 4.66. The van der Waals surface area contributed by atoms with Crippen molar-refractivity contribution < 1.29 is 14.5 Å².